The van der Waals surface area contributed by atoms with Crippen LogP contribution in [0.1, 0.15) is 22.8 Å². The van der Waals surface area contributed by atoms with Crippen molar-refractivity contribution < 1.29 is 4.79 Å². The van der Waals surface area contributed by atoms with Crippen LogP contribution in [0.25, 0.3) is 0 Å². The molecular formula is C15H17N3O. The van der Waals surface area contributed by atoms with Crippen molar-refractivity contribution in [2.24, 2.45) is 0 Å². The Morgan fingerprint density at radius 2 is 1.89 bits per heavy atom. The molecule has 0 atom stereocenters. The molecule has 0 radical (unpaired) electrons. The number of amides is 1. The second-order valence-electron chi connectivity index (χ2n) is 4.37. The Kier molecular flexibility index (Phi) is 3.80. The monoisotopic (exact) mass is 255 g/mol. The second kappa shape index (κ2) is 5.52. The molecule has 0 aliphatic heterocycles. The van der Waals surface area contributed by atoms with Gasteiger partial charge >= 0.3 is 0 Å². The Balaban J connectivity index is 2.29. The molecule has 2 rings (SSSR count). The van der Waals surface area contributed by atoms with Gasteiger partial charge < -0.3 is 5.73 Å². The molecule has 4 nitrogen and oxygen atoms in total. The van der Waals surface area contributed by atoms with Crippen LogP contribution in [0, 0.1) is 6.92 Å². The molecule has 4 heteroatoms. The van der Waals surface area contributed by atoms with Crippen molar-refractivity contribution in [1.29, 1.82) is 0 Å². The Hall–Kier alpha value is -2.36. The van der Waals surface area contributed by atoms with Gasteiger partial charge in [0.15, 0.2) is 0 Å². The summed E-state index contributed by atoms with van der Waals surface area (Å²) in [5.74, 6) is 0.557. The molecule has 1 aromatic carbocycles. The van der Waals surface area contributed by atoms with Gasteiger partial charge in [0.2, 0.25) is 0 Å². The van der Waals surface area contributed by atoms with Crippen LogP contribution in [0.2, 0.25) is 0 Å². The van der Waals surface area contributed by atoms with Crippen LogP contribution in [0.15, 0.2) is 42.6 Å². The summed E-state index contributed by atoms with van der Waals surface area (Å²) in [6.45, 7) is 4.47. The Labute approximate surface area is 112 Å². The standard InChI is InChI=1S/C15H17N3O/c1-3-18(14-9-8-13(16)10-17-14)15(19)12-6-4-11(2)5-7-12/h4-10H,3,16H2,1-2H3. The first-order chi connectivity index (χ1) is 9.11. The van der Waals surface area contributed by atoms with Crippen molar-refractivity contribution >= 4 is 17.4 Å². The van der Waals surface area contributed by atoms with Crippen LogP contribution in [0.5, 0.6) is 0 Å². The van der Waals surface area contributed by atoms with Crippen molar-refractivity contribution in [2.45, 2.75) is 13.8 Å². The summed E-state index contributed by atoms with van der Waals surface area (Å²) < 4.78 is 0. The van der Waals surface area contributed by atoms with Gasteiger partial charge in [0.05, 0.1) is 11.9 Å². The molecule has 0 saturated carbocycles. The number of carbonyl (C=O) groups is 1. The third-order valence-electron chi connectivity index (χ3n) is 2.91. The Morgan fingerprint density at radius 3 is 2.42 bits per heavy atom. The summed E-state index contributed by atoms with van der Waals surface area (Å²) in [6.07, 6.45) is 1.56. The van der Waals surface area contributed by atoms with Crippen LogP contribution in [0.4, 0.5) is 11.5 Å². The molecule has 0 saturated heterocycles. The molecule has 0 fully saturated rings. The molecule has 1 heterocycles. The predicted octanol–water partition coefficient (Wildman–Crippen LogP) is 2.64. The van der Waals surface area contributed by atoms with Crippen molar-refractivity contribution in [2.75, 3.05) is 17.2 Å². The van der Waals surface area contributed by atoms with E-state index in [2.05, 4.69) is 4.98 Å². The highest BCUT2D eigenvalue weighted by Crippen LogP contribution is 2.16. The van der Waals surface area contributed by atoms with Crippen molar-refractivity contribution in [3.63, 3.8) is 0 Å². The van der Waals surface area contributed by atoms with E-state index in [-0.39, 0.29) is 5.91 Å². The lowest BCUT2D eigenvalue weighted by Crippen LogP contribution is -2.31. The summed E-state index contributed by atoms with van der Waals surface area (Å²) >= 11 is 0. The molecule has 2 aromatic rings. The molecule has 0 unspecified atom stereocenters. The van der Waals surface area contributed by atoms with Gasteiger partial charge in [0, 0.05) is 12.1 Å². The molecule has 1 amide bonds. The molecule has 98 valence electrons. The number of hydrogen-bond donors (Lipinski definition) is 1. The SMILES string of the molecule is CCN(C(=O)c1ccc(C)cc1)c1ccc(N)cn1. The van der Waals surface area contributed by atoms with E-state index in [1.165, 1.54) is 0 Å². The van der Waals surface area contributed by atoms with Gasteiger partial charge in [-0.15, -0.1) is 0 Å². The van der Waals surface area contributed by atoms with Crippen LogP contribution in [0.3, 0.4) is 0 Å². The number of aromatic nitrogens is 1. The molecule has 0 bridgehead atoms. The number of benzene rings is 1. The maximum Gasteiger partial charge on any atom is 0.259 e. The summed E-state index contributed by atoms with van der Waals surface area (Å²) in [4.78, 5) is 18.2. The lowest BCUT2D eigenvalue weighted by atomic mass is 10.1. The number of hydrogen-bond acceptors (Lipinski definition) is 3. The Morgan fingerprint density at radius 1 is 1.21 bits per heavy atom. The van der Waals surface area contributed by atoms with Gasteiger partial charge in [-0.1, -0.05) is 17.7 Å². The van der Waals surface area contributed by atoms with Crippen LogP contribution in [-0.2, 0) is 0 Å². The number of anilines is 2. The fourth-order valence-electron chi connectivity index (χ4n) is 1.82. The molecule has 19 heavy (non-hydrogen) atoms. The normalized spacial score (nSPS) is 10.2. The summed E-state index contributed by atoms with van der Waals surface area (Å²) in [5.41, 5.74) is 7.98. The Bertz CT molecular complexity index is 561. The largest absolute Gasteiger partial charge is 0.397 e. The van der Waals surface area contributed by atoms with E-state index in [9.17, 15) is 4.79 Å². The lowest BCUT2D eigenvalue weighted by molar-refractivity contribution is 0.0987. The molecule has 2 N–H and O–H groups in total. The van der Waals surface area contributed by atoms with Gasteiger partial charge in [-0.2, -0.15) is 0 Å². The fourth-order valence-corrected chi connectivity index (χ4v) is 1.82. The number of nitrogens with zero attached hydrogens (tertiary/aromatic N) is 2. The molecular weight excluding hydrogens is 238 g/mol. The highest BCUT2D eigenvalue weighted by molar-refractivity contribution is 6.05. The van der Waals surface area contributed by atoms with Crippen molar-refractivity contribution in [3.05, 3.63) is 53.7 Å². The van der Waals surface area contributed by atoms with Gasteiger partial charge in [0.25, 0.3) is 5.91 Å². The third kappa shape index (κ3) is 2.91. The van der Waals surface area contributed by atoms with E-state index in [4.69, 9.17) is 5.73 Å². The van der Waals surface area contributed by atoms with Crippen molar-refractivity contribution in [1.82, 2.24) is 4.98 Å². The number of aryl methyl sites for hydroxylation is 1. The van der Waals surface area contributed by atoms with E-state index in [1.807, 2.05) is 38.1 Å². The highest BCUT2D eigenvalue weighted by Gasteiger charge is 2.16. The number of carbonyl (C=O) groups excluding carboxylic acids is 1. The van der Waals surface area contributed by atoms with E-state index in [0.717, 1.165) is 5.56 Å². The topological polar surface area (TPSA) is 59.2 Å². The second-order valence-corrected chi connectivity index (χ2v) is 4.37. The smallest absolute Gasteiger partial charge is 0.259 e. The van der Waals surface area contributed by atoms with E-state index in [0.29, 0.717) is 23.6 Å². The summed E-state index contributed by atoms with van der Waals surface area (Å²) in [5, 5.41) is 0. The number of pyridine rings is 1. The number of nitrogens with two attached hydrogens (primary N) is 1. The van der Waals surface area contributed by atoms with Gasteiger partial charge in [-0.3, -0.25) is 9.69 Å². The first kappa shape index (κ1) is 13.1. The van der Waals surface area contributed by atoms with Crippen LogP contribution < -0.4 is 10.6 Å². The maximum absolute atomic E-state index is 12.4. The number of nitrogen functional groups attached to an aromatic ring is 1. The first-order valence-electron chi connectivity index (χ1n) is 6.22. The lowest BCUT2D eigenvalue weighted by Gasteiger charge is -2.20. The van der Waals surface area contributed by atoms with Gasteiger partial charge in [0.1, 0.15) is 5.82 Å². The minimum absolute atomic E-state index is 0.0558. The average Bonchev–Trinajstić information content (AvgIpc) is 2.42. The minimum atomic E-state index is -0.0558. The zero-order chi connectivity index (χ0) is 13.8. The predicted molar refractivity (Wildman–Crippen MR) is 77.2 cm³/mol. The third-order valence-corrected chi connectivity index (χ3v) is 2.91. The zero-order valence-corrected chi connectivity index (χ0v) is 11.1. The fraction of sp³-hybridized carbons (Fsp3) is 0.200. The van der Waals surface area contributed by atoms with E-state index < -0.39 is 0 Å². The van der Waals surface area contributed by atoms with Crippen LogP contribution in [-0.4, -0.2) is 17.4 Å². The minimum Gasteiger partial charge on any atom is -0.397 e. The number of rotatable bonds is 3. The molecule has 1 aromatic heterocycles. The summed E-state index contributed by atoms with van der Waals surface area (Å²) in [6, 6.07) is 11.0. The highest BCUT2D eigenvalue weighted by atomic mass is 16.2. The first-order valence-corrected chi connectivity index (χ1v) is 6.22. The summed E-state index contributed by atoms with van der Waals surface area (Å²) in [7, 11) is 0. The average molecular weight is 255 g/mol. The molecule has 0 aliphatic carbocycles. The molecule has 0 aliphatic rings. The quantitative estimate of drug-likeness (QED) is 0.917. The molecule has 0 spiro atoms. The maximum atomic E-state index is 12.4. The van der Waals surface area contributed by atoms with E-state index >= 15 is 0 Å². The van der Waals surface area contributed by atoms with Gasteiger partial charge in [-0.05, 0) is 38.1 Å². The zero-order valence-electron chi connectivity index (χ0n) is 11.1. The van der Waals surface area contributed by atoms with Gasteiger partial charge in [-0.25, -0.2) is 4.98 Å². The van der Waals surface area contributed by atoms with E-state index in [1.54, 1.807) is 23.2 Å². The van der Waals surface area contributed by atoms with Crippen LogP contribution >= 0.6 is 0 Å². The van der Waals surface area contributed by atoms with Crippen molar-refractivity contribution in [3.8, 4) is 0 Å².